The molecular weight excluding hydrogens is 278 g/mol. The number of nitrogens with one attached hydrogen (secondary N) is 2. The Balaban J connectivity index is 1.72. The molecule has 1 aliphatic heterocycles. The van der Waals surface area contributed by atoms with Gasteiger partial charge in [0.05, 0.1) is 0 Å². The quantitative estimate of drug-likeness (QED) is 0.890. The summed E-state index contributed by atoms with van der Waals surface area (Å²) >= 11 is 0. The topological polar surface area (TPSA) is 65.2 Å². The fraction of sp³-hybridized carbons (Fsp3) is 0.647. The fourth-order valence-electron chi connectivity index (χ4n) is 3.18. The predicted octanol–water partition coefficient (Wildman–Crippen LogP) is 1.71. The summed E-state index contributed by atoms with van der Waals surface area (Å²) in [4.78, 5) is 29.5. The Morgan fingerprint density at radius 3 is 2.68 bits per heavy atom. The van der Waals surface area contributed by atoms with Gasteiger partial charge in [-0.15, -0.1) is 0 Å². The third kappa shape index (κ3) is 3.09. The van der Waals surface area contributed by atoms with Crippen LogP contribution in [-0.4, -0.2) is 41.0 Å². The Hall–Kier alpha value is -1.62. The second kappa shape index (κ2) is 5.88. The summed E-state index contributed by atoms with van der Waals surface area (Å²) in [6.45, 7) is 8.32. The molecule has 2 atom stereocenters. The van der Waals surface area contributed by atoms with Crippen LogP contribution in [0.1, 0.15) is 55.5 Å². The summed E-state index contributed by atoms with van der Waals surface area (Å²) < 4.78 is 0. The molecule has 1 aliphatic carbocycles. The largest absolute Gasteiger partial charge is 0.348 e. The van der Waals surface area contributed by atoms with E-state index in [0.717, 1.165) is 31.5 Å². The molecular formula is C17H25N3O2. The number of hydrogen-bond donors (Lipinski definition) is 2. The van der Waals surface area contributed by atoms with Crippen LogP contribution in [0.4, 0.5) is 0 Å². The zero-order valence-corrected chi connectivity index (χ0v) is 13.6. The Bertz CT molecular complexity index is 619. The molecule has 0 spiro atoms. The molecule has 2 aliphatic rings. The second-order valence-corrected chi connectivity index (χ2v) is 7.05. The first-order chi connectivity index (χ1) is 10.5. The predicted molar refractivity (Wildman–Crippen MR) is 86.2 cm³/mol. The minimum absolute atomic E-state index is 0.110. The molecule has 1 aromatic rings. The van der Waals surface area contributed by atoms with Crippen molar-refractivity contribution in [3.63, 3.8) is 0 Å². The van der Waals surface area contributed by atoms with Crippen LogP contribution >= 0.6 is 0 Å². The van der Waals surface area contributed by atoms with E-state index >= 15 is 0 Å². The Morgan fingerprint density at radius 2 is 2.09 bits per heavy atom. The number of pyridine rings is 1. The van der Waals surface area contributed by atoms with E-state index in [2.05, 4.69) is 36.0 Å². The molecule has 120 valence electrons. The van der Waals surface area contributed by atoms with Gasteiger partial charge in [-0.05, 0) is 50.2 Å². The maximum atomic E-state index is 12.5. The average Bonchev–Trinajstić information content (AvgIpc) is 3.24. The summed E-state index contributed by atoms with van der Waals surface area (Å²) in [5.74, 6) is 0.675. The normalized spacial score (nSPS) is 25.6. The number of carbonyl (C=O) groups is 1. The summed E-state index contributed by atoms with van der Waals surface area (Å²) in [6, 6.07) is 2.36. The highest BCUT2D eigenvalue weighted by atomic mass is 16.2. The maximum Gasteiger partial charge on any atom is 0.260 e. The first-order valence-electron chi connectivity index (χ1n) is 8.23. The van der Waals surface area contributed by atoms with Crippen LogP contribution in [-0.2, 0) is 0 Å². The molecule has 3 rings (SSSR count). The van der Waals surface area contributed by atoms with E-state index in [4.69, 9.17) is 0 Å². The van der Waals surface area contributed by atoms with Crippen molar-refractivity contribution in [3.05, 3.63) is 33.7 Å². The van der Waals surface area contributed by atoms with Crippen molar-refractivity contribution in [2.24, 2.45) is 5.92 Å². The van der Waals surface area contributed by atoms with Gasteiger partial charge in [-0.1, -0.05) is 6.92 Å². The van der Waals surface area contributed by atoms with Crippen LogP contribution in [0.2, 0.25) is 0 Å². The summed E-state index contributed by atoms with van der Waals surface area (Å²) in [5.41, 5.74) is 1.03. The molecule has 1 amide bonds. The minimum atomic E-state index is -0.298. The van der Waals surface area contributed by atoms with Crippen molar-refractivity contribution in [3.8, 4) is 0 Å². The number of aromatic nitrogens is 1. The van der Waals surface area contributed by atoms with Gasteiger partial charge >= 0.3 is 0 Å². The van der Waals surface area contributed by atoms with Gasteiger partial charge in [0.15, 0.2) is 0 Å². The number of carbonyl (C=O) groups excluding carboxylic acids is 1. The number of nitrogens with zero attached hydrogens (tertiary/aromatic N) is 1. The number of amides is 1. The van der Waals surface area contributed by atoms with E-state index in [0.29, 0.717) is 17.9 Å². The van der Waals surface area contributed by atoms with E-state index in [9.17, 15) is 9.59 Å². The van der Waals surface area contributed by atoms with E-state index in [1.54, 1.807) is 12.3 Å². The van der Waals surface area contributed by atoms with E-state index in [1.807, 2.05) is 0 Å². The van der Waals surface area contributed by atoms with Crippen molar-refractivity contribution in [1.29, 1.82) is 0 Å². The van der Waals surface area contributed by atoms with Crippen molar-refractivity contribution >= 4 is 5.91 Å². The molecule has 2 N–H and O–H groups in total. The molecule has 1 saturated carbocycles. The van der Waals surface area contributed by atoms with Crippen molar-refractivity contribution in [1.82, 2.24) is 15.2 Å². The monoisotopic (exact) mass is 303 g/mol. The first-order valence-corrected chi connectivity index (χ1v) is 8.23. The molecule has 22 heavy (non-hydrogen) atoms. The fourth-order valence-corrected chi connectivity index (χ4v) is 3.18. The van der Waals surface area contributed by atoms with E-state index in [1.165, 1.54) is 0 Å². The molecule has 0 aromatic carbocycles. The molecule has 0 bridgehead atoms. The molecule has 1 saturated heterocycles. The molecule has 5 heteroatoms. The highest BCUT2D eigenvalue weighted by molar-refractivity contribution is 5.94. The highest BCUT2D eigenvalue weighted by Crippen LogP contribution is 2.39. The lowest BCUT2D eigenvalue weighted by Gasteiger charge is -2.20. The second-order valence-electron chi connectivity index (χ2n) is 7.05. The van der Waals surface area contributed by atoms with Crippen molar-refractivity contribution < 1.29 is 4.79 Å². The Labute approximate surface area is 131 Å². The van der Waals surface area contributed by atoms with Gasteiger partial charge < -0.3 is 10.3 Å². The van der Waals surface area contributed by atoms with Crippen molar-refractivity contribution in [2.75, 3.05) is 13.1 Å². The van der Waals surface area contributed by atoms with Crippen LogP contribution in [0.3, 0.4) is 0 Å². The molecule has 2 fully saturated rings. The standard InChI is InChI=1S/C17H25N3O2/c1-10(2)20-8-11(3)15(9-20)19-17(22)14-6-13(12-4-5-12)7-18-16(14)21/h6-7,10-12,15H,4-5,8-9H2,1-3H3,(H,18,21)(H,19,22)/t11-,15+/m0/s1. The van der Waals surface area contributed by atoms with E-state index < -0.39 is 0 Å². The summed E-state index contributed by atoms with van der Waals surface area (Å²) in [6.07, 6.45) is 4.04. The van der Waals surface area contributed by atoms with Crippen LogP contribution in [0.5, 0.6) is 0 Å². The van der Waals surface area contributed by atoms with Gasteiger partial charge in [0.1, 0.15) is 5.56 Å². The lowest BCUT2D eigenvalue weighted by molar-refractivity contribution is 0.0929. The van der Waals surface area contributed by atoms with Crippen LogP contribution in [0.15, 0.2) is 17.1 Å². The molecule has 2 heterocycles. The van der Waals surface area contributed by atoms with Gasteiger partial charge in [0.2, 0.25) is 0 Å². The third-order valence-corrected chi connectivity index (χ3v) is 4.91. The van der Waals surface area contributed by atoms with Crippen LogP contribution in [0, 0.1) is 5.92 Å². The van der Waals surface area contributed by atoms with Gasteiger partial charge in [-0.25, -0.2) is 0 Å². The van der Waals surface area contributed by atoms with Crippen molar-refractivity contribution in [2.45, 2.75) is 51.6 Å². The smallest absolute Gasteiger partial charge is 0.260 e. The Kier molecular flexibility index (Phi) is 4.08. The van der Waals surface area contributed by atoms with Gasteiger partial charge in [0.25, 0.3) is 11.5 Å². The van der Waals surface area contributed by atoms with Crippen LogP contribution in [0.25, 0.3) is 0 Å². The van der Waals surface area contributed by atoms with E-state index in [-0.39, 0.29) is 23.1 Å². The lowest BCUT2D eigenvalue weighted by Crippen LogP contribution is -2.42. The third-order valence-electron chi connectivity index (χ3n) is 4.91. The zero-order valence-electron chi connectivity index (χ0n) is 13.6. The molecule has 0 radical (unpaired) electrons. The van der Waals surface area contributed by atoms with Gasteiger partial charge in [0, 0.05) is 31.4 Å². The highest BCUT2D eigenvalue weighted by Gasteiger charge is 2.32. The number of hydrogen-bond acceptors (Lipinski definition) is 3. The average molecular weight is 303 g/mol. The summed E-state index contributed by atoms with van der Waals surface area (Å²) in [5, 5.41) is 3.06. The minimum Gasteiger partial charge on any atom is -0.348 e. The number of H-pyrrole nitrogens is 1. The maximum absolute atomic E-state index is 12.5. The lowest BCUT2D eigenvalue weighted by atomic mass is 10.1. The number of aromatic amines is 1. The first kappa shape index (κ1) is 15.3. The zero-order chi connectivity index (χ0) is 15.9. The van der Waals surface area contributed by atoms with Crippen LogP contribution < -0.4 is 10.9 Å². The molecule has 5 nitrogen and oxygen atoms in total. The SMILES string of the molecule is CC(C)N1C[C@H](C)[C@H](NC(=O)c2cc(C3CC3)c[nH]c2=O)C1. The molecule has 1 aromatic heterocycles. The van der Waals surface area contributed by atoms with Gasteiger partial charge in [-0.3, -0.25) is 14.5 Å². The molecule has 0 unspecified atom stereocenters. The number of likely N-dealkylation sites (tertiary alicyclic amines) is 1. The van der Waals surface area contributed by atoms with Gasteiger partial charge in [-0.2, -0.15) is 0 Å². The number of rotatable bonds is 4. The summed E-state index contributed by atoms with van der Waals surface area (Å²) in [7, 11) is 0. The Morgan fingerprint density at radius 1 is 1.36 bits per heavy atom.